The number of aromatic hydroxyl groups is 1. The van der Waals surface area contributed by atoms with Crippen molar-refractivity contribution in [1.82, 2.24) is 0 Å². The summed E-state index contributed by atoms with van der Waals surface area (Å²) in [6, 6.07) is 10.9. The maximum Gasteiger partial charge on any atom is 0.270 e. The van der Waals surface area contributed by atoms with Crippen LogP contribution in [0.15, 0.2) is 47.5 Å². The van der Waals surface area contributed by atoms with Crippen molar-refractivity contribution < 1.29 is 14.8 Å². The topological polar surface area (TPSA) is 85.0 Å². The fourth-order valence-electron chi connectivity index (χ4n) is 1.73. The van der Waals surface area contributed by atoms with Gasteiger partial charge in [-0.2, -0.15) is 0 Å². The standard InChI is InChI=1S/C15H14N2O4/c1-2-21-13-6-7-14(15(18)9-13)16-10-11-4-3-5-12(8-11)17(19)20/h3-10,18H,2H2,1H3. The first kappa shape index (κ1) is 14.5. The number of ether oxygens (including phenoxy) is 1. The zero-order valence-electron chi connectivity index (χ0n) is 11.4. The number of nitro groups is 1. The lowest BCUT2D eigenvalue weighted by Crippen LogP contribution is -1.90. The van der Waals surface area contributed by atoms with Crippen LogP contribution in [-0.4, -0.2) is 22.9 Å². The van der Waals surface area contributed by atoms with E-state index in [0.717, 1.165) is 0 Å². The van der Waals surface area contributed by atoms with Gasteiger partial charge in [0.05, 0.1) is 11.5 Å². The quantitative estimate of drug-likeness (QED) is 0.518. The fourth-order valence-corrected chi connectivity index (χ4v) is 1.73. The summed E-state index contributed by atoms with van der Waals surface area (Å²) in [5.74, 6) is 0.548. The van der Waals surface area contributed by atoms with E-state index in [2.05, 4.69) is 4.99 Å². The van der Waals surface area contributed by atoms with E-state index >= 15 is 0 Å². The molecule has 0 aliphatic rings. The summed E-state index contributed by atoms with van der Waals surface area (Å²) >= 11 is 0. The van der Waals surface area contributed by atoms with Crippen LogP contribution in [-0.2, 0) is 0 Å². The molecule has 21 heavy (non-hydrogen) atoms. The molecule has 2 aromatic rings. The van der Waals surface area contributed by atoms with Crippen molar-refractivity contribution >= 4 is 17.6 Å². The van der Waals surface area contributed by atoms with Crippen molar-refractivity contribution in [1.29, 1.82) is 0 Å². The number of phenolic OH excluding ortho intramolecular Hbond substituents is 1. The molecular formula is C15H14N2O4. The smallest absolute Gasteiger partial charge is 0.270 e. The van der Waals surface area contributed by atoms with Crippen LogP contribution in [0.1, 0.15) is 12.5 Å². The largest absolute Gasteiger partial charge is 0.506 e. The first-order valence-corrected chi connectivity index (χ1v) is 6.34. The first-order valence-electron chi connectivity index (χ1n) is 6.34. The van der Waals surface area contributed by atoms with Gasteiger partial charge in [0.25, 0.3) is 5.69 Å². The average Bonchev–Trinajstić information content (AvgIpc) is 2.47. The minimum Gasteiger partial charge on any atom is -0.506 e. The summed E-state index contributed by atoms with van der Waals surface area (Å²) in [6.45, 7) is 2.36. The third kappa shape index (κ3) is 3.79. The monoisotopic (exact) mass is 286 g/mol. The molecule has 0 aliphatic carbocycles. The van der Waals surface area contributed by atoms with Crippen molar-refractivity contribution in [3.8, 4) is 11.5 Å². The number of hydrogen-bond acceptors (Lipinski definition) is 5. The number of benzene rings is 2. The number of aliphatic imine (C=N–C) groups is 1. The molecule has 0 saturated heterocycles. The highest BCUT2D eigenvalue weighted by Gasteiger charge is 2.05. The van der Waals surface area contributed by atoms with Crippen molar-refractivity contribution in [2.75, 3.05) is 6.61 Å². The van der Waals surface area contributed by atoms with E-state index in [1.807, 2.05) is 6.92 Å². The molecule has 6 nitrogen and oxygen atoms in total. The number of rotatable bonds is 5. The number of non-ortho nitro benzene ring substituents is 1. The van der Waals surface area contributed by atoms with Gasteiger partial charge in [-0.05, 0) is 24.6 Å². The van der Waals surface area contributed by atoms with E-state index in [9.17, 15) is 15.2 Å². The molecule has 0 amide bonds. The van der Waals surface area contributed by atoms with Crippen molar-refractivity contribution in [3.05, 3.63) is 58.1 Å². The molecule has 1 N–H and O–H groups in total. The highest BCUT2D eigenvalue weighted by Crippen LogP contribution is 2.30. The number of hydrogen-bond donors (Lipinski definition) is 1. The maximum absolute atomic E-state index is 10.7. The second-order valence-electron chi connectivity index (χ2n) is 4.19. The molecule has 0 aliphatic heterocycles. The Bertz CT molecular complexity index is 683. The summed E-state index contributed by atoms with van der Waals surface area (Å²) in [7, 11) is 0. The maximum atomic E-state index is 10.7. The van der Waals surface area contributed by atoms with Gasteiger partial charge in [-0.25, -0.2) is 0 Å². The Morgan fingerprint density at radius 2 is 2.14 bits per heavy atom. The van der Waals surface area contributed by atoms with Crippen LogP contribution in [0.3, 0.4) is 0 Å². The zero-order valence-corrected chi connectivity index (χ0v) is 11.4. The predicted octanol–water partition coefficient (Wildman–Crippen LogP) is 3.45. The van der Waals surface area contributed by atoms with E-state index in [-0.39, 0.29) is 11.4 Å². The van der Waals surface area contributed by atoms with Crippen LogP contribution < -0.4 is 4.74 Å². The highest BCUT2D eigenvalue weighted by atomic mass is 16.6. The molecule has 2 rings (SSSR count). The lowest BCUT2D eigenvalue weighted by molar-refractivity contribution is -0.384. The molecule has 0 atom stereocenters. The molecule has 108 valence electrons. The zero-order chi connectivity index (χ0) is 15.2. The minimum atomic E-state index is -0.467. The third-order valence-electron chi connectivity index (χ3n) is 2.69. The Kier molecular flexibility index (Phi) is 4.50. The molecule has 0 saturated carbocycles. The second kappa shape index (κ2) is 6.51. The van der Waals surface area contributed by atoms with E-state index in [4.69, 9.17) is 4.74 Å². The summed E-state index contributed by atoms with van der Waals surface area (Å²) in [4.78, 5) is 14.3. The lowest BCUT2D eigenvalue weighted by Gasteiger charge is -2.04. The van der Waals surface area contributed by atoms with Crippen molar-refractivity contribution in [3.63, 3.8) is 0 Å². The SMILES string of the molecule is CCOc1ccc(N=Cc2cccc([N+](=O)[O-])c2)c(O)c1. The summed E-state index contributed by atoms with van der Waals surface area (Å²) in [5.41, 5.74) is 0.942. The Morgan fingerprint density at radius 3 is 2.81 bits per heavy atom. The molecule has 0 radical (unpaired) electrons. The molecule has 0 fully saturated rings. The van der Waals surface area contributed by atoms with Crippen LogP contribution in [0.25, 0.3) is 0 Å². The van der Waals surface area contributed by atoms with Gasteiger partial charge in [-0.15, -0.1) is 0 Å². The van der Waals surface area contributed by atoms with Crippen LogP contribution in [0.2, 0.25) is 0 Å². The van der Waals surface area contributed by atoms with Gasteiger partial charge in [0, 0.05) is 24.4 Å². The Morgan fingerprint density at radius 1 is 1.33 bits per heavy atom. The lowest BCUT2D eigenvalue weighted by atomic mass is 10.2. The minimum absolute atomic E-state index is 0.00475. The van der Waals surface area contributed by atoms with E-state index < -0.39 is 4.92 Å². The fraction of sp³-hybridized carbons (Fsp3) is 0.133. The van der Waals surface area contributed by atoms with Gasteiger partial charge in [0.2, 0.25) is 0 Å². The normalized spacial score (nSPS) is 10.7. The van der Waals surface area contributed by atoms with Crippen LogP contribution >= 0.6 is 0 Å². The van der Waals surface area contributed by atoms with Gasteiger partial charge in [0.1, 0.15) is 17.2 Å². The molecule has 0 heterocycles. The van der Waals surface area contributed by atoms with Crippen LogP contribution in [0, 0.1) is 10.1 Å². The molecule has 0 unspecified atom stereocenters. The van der Waals surface area contributed by atoms with E-state index in [1.165, 1.54) is 24.4 Å². The molecule has 6 heteroatoms. The molecule has 0 bridgehead atoms. The Hall–Kier alpha value is -2.89. The van der Waals surface area contributed by atoms with Crippen LogP contribution in [0.4, 0.5) is 11.4 Å². The highest BCUT2D eigenvalue weighted by molar-refractivity contribution is 5.83. The van der Waals surface area contributed by atoms with Crippen LogP contribution in [0.5, 0.6) is 11.5 Å². The summed E-state index contributed by atoms with van der Waals surface area (Å²) < 4.78 is 5.26. The average molecular weight is 286 g/mol. The Balaban J connectivity index is 2.21. The van der Waals surface area contributed by atoms with Gasteiger partial charge >= 0.3 is 0 Å². The van der Waals surface area contributed by atoms with Crippen molar-refractivity contribution in [2.24, 2.45) is 4.99 Å². The number of nitro benzene ring substituents is 1. The predicted molar refractivity (Wildman–Crippen MR) is 79.6 cm³/mol. The van der Waals surface area contributed by atoms with E-state index in [0.29, 0.717) is 23.6 Å². The second-order valence-corrected chi connectivity index (χ2v) is 4.19. The first-order chi connectivity index (χ1) is 10.1. The molecule has 0 aromatic heterocycles. The number of nitrogens with zero attached hydrogens (tertiary/aromatic N) is 2. The molecule has 0 spiro atoms. The van der Waals surface area contributed by atoms with E-state index in [1.54, 1.807) is 24.3 Å². The van der Waals surface area contributed by atoms with Gasteiger partial charge in [0.15, 0.2) is 0 Å². The van der Waals surface area contributed by atoms with Gasteiger partial charge < -0.3 is 9.84 Å². The third-order valence-corrected chi connectivity index (χ3v) is 2.69. The van der Waals surface area contributed by atoms with Gasteiger partial charge in [-0.1, -0.05) is 12.1 Å². The van der Waals surface area contributed by atoms with Gasteiger partial charge in [-0.3, -0.25) is 15.1 Å². The number of phenols is 1. The molecule has 2 aromatic carbocycles. The Labute approximate surface area is 121 Å². The summed E-state index contributed by atoms with van der Waals surface area (Å²) in [5, 5.41) is 20.5. The van der Waals surface area contributed by atoms with Crippen molar-refractivity contribution in [2.45, 2.75) is 6.92 Å². The summed E-state index contributed by atoms with van der Waals surface area (Å²) in [6.07, 6.45) is 1.46. The molecular weight excluding hydrogens is 272 g/mol.